The Kier molecular flexibility index (Phi) is 4.77. The summed E-state index contributed by atoms with van der Waals surface area (Å²) in [6, 6.07) is 12.5. The number of allylic oxidation sites excluding steroid dienone is 1. The maximum atomic E-state index is 13.1. The summed E-state index contributed by atoms with van der Waals surface area (Å²) in [5.41, 5.74) is 3.12. The van der Waals surface area contributed by atoms with Gasteiger partial charge in [0, 0.05) is 23.3 Å². The largest absolute Gasteiger partial charge is 0.496 e. The molecule has 0 saturated heterocycles. The van der Waals surface area contributed by atoms with Gasteiger partial charge in [-0.05, 0) is 36.2 Å². The molecule has 0 bridgehead atoms. The first-order chi connectivity index (χ1) is 14.1. The summed E-state index contributed by atoms with van der Waals surface area (Å²) in [5, 5.41) is 12.0. The quantitative estimate of drug-likeness (QED) is 0.856. The van der Waals surface area contributed by atoms with Gasteiger partial charge in [-0.3, -0.25) is 9.69 Å². The van der Waals surface area contributed by atoms with Crippen LogP contribution in [0.25, 0.3) is 0 Å². The molecule has 0 saturated carbocycles. The van der Waals surface area contributed by atoms with Gasteiger partial charge in [-0.15, -0.1) is 0 Å². The van der Waals surface area contributed by atoms with Gasteiger partial charge < -0.3 is 10.1 Å². The van der Waals surface area contributed by atoms with Crippen LogP contribution in [0.2, 0.25) is 0 Å². The van der Waals surface area contributed by atoms with E-state index in [1.807, 2.05) is 6.07 Å². The van der Waals surface area contributed by atoms with E-state index < -0.39 is 18.7 Å². The minimum absolute atomic E-state index is 0.0527. The highest BCUT2D eigenvalue weighted by Crippen LogP contribution is 2.42. The lowest BCUT2D eigenvalue weighted by Crippen LogP contribution is -2.47. The highest BCUT2D eigenvalue weighted by molar-refractivity contribution is 6.08. The highest BCUT2D eigenvalue weighted by atomic mass is 19.1. The van der Waals surface area contributed by atoms with Gasteiger partial charge in [0.1, 0.15) is 12.4 Å². The predicted molar refractivity (Wildman–Crippen MR) is 104 cm³/mol. The molecule has 4 rings (SSSR count). The summed E-state index contributed by atoms with van der Waals surface area (Å²) in [7, 11) is 1.48. The van der Waals surface area contributed by atoms with Crippen molar-refractivity contribution in [1.82, 2.24) is 5.32 Å². The molecule has 6 nitrogen and oxygen atoms in total. The molecule has 1 heterocycles. The molecule has 0 radical (unpaired) electrons. The summed E-state index contributed by atoms with van der Waals surface area (Å²) in [6.45, 7) is -0.640. The summed E-state index contributed by atoms with van der Waals surface area (Å²) in [6.07, 6.45) is 0.727. The maximum absolute atomic E-state index is 13.1. The van der Waals surface area contributed by atoms with Gasteiger partial charge >= 0.3 is 6.03 Å². The molecule has 1 unspecified atom stereocenters. The van der Waals surface area contributed by atoms with Gasteiger partial charge in [-0.2, -0.15) is 5.26 Å². The van der Waals surface area contributed by atoms with Gasteiger partial charge in [-0.25, -0.2) is 9.18 Å². The number of amides is 2. The number of ether oxygens (including phenoxy) is 1. The van der Waals surface area contributed by atoms with E-state index in [0.29, 0.717) is 52.2 Å². The molecule has 7 heteroatoms. The number of ketones is 1. The molecule has 2 amide bonds. The van der Waals surface area contributed by atoms with Gasteiger partial charge in [0.2, 0.25) is 0 Å². The first kappa shape index (κ1) is 18.7. The predicted octanol–water partition coefficient (Wildman–Crippen LogP) is 3.92. The second-order valence-electron chi connectivity index (χ2n) is 6.87. The van der Waals surface area contributed by atoms with Crippen molar-refractivity contribution in [1.29, 1.82) is 5.26 Å². The lowest BCUT2D eigenvalue weighted by molar-refractivity contribution is -0.115. The van der Waals surface area contributed by atoms with E-state index in [1.165, 1.54) is 12.0 Å². The molecule has 0 spiro atoms. The number of alkyl halides is 1. The van der Waals surface area contributed by atoms with Gasteiger partial charge in [-0.1, -0.05) is 18.2 Å². The van der Waals surface area contributed by atoms with Crippen molar-refractivity contribution in [2.45, 2.75) is 25.6 Å². The molecule has 1 aliphatic heterocycles. The van der Waals surface area contributed by atoms with Crippen LogP contribution < -0.4 is 15.0 Å². The van der Waals surface area contributed by atoms with E-state index in [0.717, 1.165) is 0 Å². The van der Waals surface area contributed by atoms with Crippen molar-refractivity contribution < 1.29 is 18.7 Å². The normalized spacial score (nSPS) is 18.4. The molecule has 146 valence electrons. The summed E-state index contributed by atoms with van der Waals surface area (Å²) in [5.74, 6) is 0.372. The van der Waals surface area contributed by atoms with Crippen LogP contribution in [0.3, 0.4) is 0 Å². The second kappa shape index (κ2) is 7.40. The first-order valence-electron chi connectivity index (χ1n) is 9.17. The fourth-order valence-corrected chi connectivity index (χ4v) is 3.91. The Bertz CT molecular complexity index is 1090. The Morgan fingerprint density at radius 1 is 1.24 bits per heavy atom. The Labute approximate surface area is 167 Å². The Morgan fingerprint density at radius 2 is 2.07 bits per heavy atom. The Balaban J connectivity index is 1.84. The van der Waals surface area contributed by atoms with Crippen LogP contribution in [-0.4, -0.2) is 18.9 Å². The number of methoxy groups -OCH3 is 1. The average molecular weight is 391 g/mol. The standard InChI is InChI=1S/C22H18FN3O3/c1-29-19-10-14(12-24)5-6-16(19)21-20-17(7-8-18(20)27)26(22(28)25-21)15-4-2-3-13(9-15)11-23/h2-6,9-10,21H,7-8,11H2,1H3,(H,25,28). The number of carbonyl (C=O) groups excluding carboxylic acids is 2. The number of hydrogen-bond acceptors (Lipinski definition) is 4. The number of carbonyl (C=O) groups is 2. The number of Topliss-reactive ketones (excluding diaryl/α,β-unsaturated/α-hetero) is 1. The topological polar surface area (TPSA) is 82.4 Å². The number of benzene rings is 2. The highest BCUT2D eigenvalue weighted by Gasteiger charge is 2.42. The van der Waals surface area contributed by atoms with Crippen LogP contribution in [-0.2, 0) is 11.5 Å². The van der Waals surface area contributed by atoms with E-state index in [2.05, 4.69) is 5.32 Å². The molecule has 1 atom stereocenters. The van der Waals surface area contributed by atoms with Crippen molar-refractivity contribution in [3.05, 3.63) is 70.4 Å². The first-order valence-corrected chi connectivity index (χ1v) is 9.17. The second-order valence-corrected chi connectivity index (χ2v) is 6.87. The summed E-state index contributed by atoms with van der Waals surface area (Å²) >= 11 is 0. The number of hydrogen-bond donors (Lipinski definition) is 1. The Hall–Kier alpha value is -3.66. The van der Waals surface area contributed by atoms with Crippen LogP contribution in [0, 0.1) is 11.3 Å². The molecular weight excluding hydrogens is 373 g/mol. The average Bonchev–Trinajstić information content (AvgIpc) is 3.14. The molecule has 0 aromatic heterocycles. The Morgan fingerprint density at radius 3 is 2.79 bits per heavy atom. The van der Waals surface area contributed by atoms with Crippen LogP contribution in [0.1, 0.15) is 35.6 Å². The number of nitrogens with zero attached hydrogens (tertiary/aromatic N) is 2. The van der Waals surface area contributed by atoms with Crippen molar-refractivity contribution in [2.75, 3.05) is 12.0 Å². The van der Waals surface area contributed by atoms with Gasteiger partial charge in [0.15, 0.2) is 5.78 Å². The van der Waals surface area contributed by atoms with Crippen LogP contribution in [0.5, 0.6) is 5.75 Å². The summed E-state index contributed by atoms with van der Waals surface area (Å²) < 4.78 is 18.5. The zero-order valence-corrected chi connectivity index (χ0v) is 15.7. The van der Waals surface area contributed by atoms with Crippen molar-refractivity contribution in [3.8, 4) is 11.8 Å². The number of halogens is 1. The number of nitrogens with one attached hydrogen (secondary N) is 1. The lowest BCUT2D eigenvalue weighted by Gasteiger charge is -2.35. The van der Waals surface area contributed by atoms with E-state index in [9.17, 15) is 14.0 Å². The summed E-state index contributed by atoms with van der Waals surface area (Å²) in [4.78, 5) is 27.2. The number of urea groups is 1. The monoisotopic (exact) mass is 391 g/mol. The molecule has 0 fully saturated rings. The van der Waals surface area contributed by atoms with E-state index in [1.54, 1.807) is 42.5 Å². The third kappa shape index (κ3) is 3.13. The van der Waals surface area contributed by atoms with Crippen molar-refractivity contribution in [3.63, 3.8) is 0 Å². The third-order valence-electron chi connectivity index (χ3n) is 5.23. The van der Waals surface area contributed by atoms with E-state index in [-0.39, 0.29) is 5.78 Å². The van der Waals surface area contributed by atoms with Crippen LogP contribution in [0.4, 0.5) is 14.9 Å². The minimum atomic E-state index is -0.671. The minimum Gasteiger partial charge on any atom is -0.496 e. The molecule has 2 aromatic carbocycles. The van der Waals surface area contributed by atoms with Crippen molar-refractivity contribution in [2.24, 2.45) is 0 Å². The smallest absolute Gasteiger partial charge is 0.327 e. The lowest BCUT2D eigenvalue weighted by atomic mass is 9.93. The zero-order valence-electron chi connectivity index (χ0n) is 15.7. The van der Waals surface area contributed by atoms with Crippen LogP contribution >= 0.6 is 0 Å². The van der Waals surface area contributed by atoms with Gasteiger partial charge in [0.25, 0.3) is 0 Å². The molecule has 1 aliphatic carbocycles. The fourth-order valence-electron chi connectivity index (χ4n) is 3.91. The van der Waals surface area contributed by atoms with E-state index >= 15 is 0 Å². The van der Waals surface area contributed by atoms with Crippen molar-refractivity contribution >= 4 is 17.5 Å². The molecular formula is C22H18FN3O3. The molecule has 2 aliphatic rings. The number of nitriles is 1. The fraction of sp³-hybridized carbons (Fsp3) is 0.227. The molecule has 2 aromatic rings. The third-order valence-corrected chi connectivity index (χ3v) is 5.23. The van der Waals surface area contributed by atoms with Gasteiger partial charge in [0.05, 0.1) is 30.5 Å². The van der Waals surface area contributed by atoms with Crippen LogP contribution in [0.15, 0.2) is 53.7 Å². The number of rotatable bonds is 4. The maximum Gasteiger partial charge on any atom is 0.327 e. The molecule has 29 heavy (non-hydrogen) atoms. The van der Waals surface area contributed by atoms with E-state index in [4.69, 9.17) is 10.00 Å². The SMILES string of the molecule is COc1cc(C#N)ccc1C1NC(=O)N(c2cccc(CF)c2)C2=C1C(=O)CC2. The zero-order chi connectivity index (χ0) is 20.5. The molecule has 1 N–H and O–H groups in total. The number of anilines is 1.